The van der Waals surface area contributed by atoms with Gasteiger partial charge in [-0.1, -0.05) is 133 Å². The van der Waals surface area contributed by atoms with E-state index in [1.807, 2.05) is 12.1 Å². The van der Waals surface area contributed by atoms with E-state index in [-0.39, 0.29) is 0 Å². The molecule has 3 heteroatoms. The zero-order chi connectivity index (χ0) is 36.4. The number of nitrogens with zero attached hydrogens (tertiary/aromatic N) is 2. The van der Waals surface area contributed by atoms with E-state index in [0.29, 0.717) is 11.4 Å². The molecule has 3 nitrogen and oxygen atoms in total. The molecular weight excluding hydrogens is 669 g/mol. The van der Waals surface area contributed by atoms with E-state index in [1.54, 1.807) is 6.07 Å². The van der Waals surface area contributed by atoms with Crippen LogP contribution in [0.3, 0.4) is 0 Å². The highest BCUT2D eigenvalue weighted by molar-refractivity contribution is 6.38. The standard InChI is InChI=1S/C52H26N2O/c1-53-46-25-35-20-19-33(23-36(35)26-47(46)54-2)29-13-15-30(16-14-29)34-21-22-39-42(24-34)37-9-3-4-10-38(37)43-27-45-48(28-44(39)43)55-52-41-12-6-8-32-18-17-31-7-5-11-40(51(45)52)49(31)50(32)41/h3-28H. The van der Waals surface area contributed by atoms with Crippen LogP contribution >= 0.6 is 0 Å². The van der Waals surface area contributed by atoms with E-state index in [2.05, 4.69) is 149 Å². The van der Waals surface area contributed by atoms with Crippen molar-refractivity contribution in [1.29, 1.82) is 0 Å². The second-order valence-corrected chi connectivity index (χ2v) is 14.6. The first-order valence-electron chi connectivity index (χ1n) is 18.4. The summed E-state index contributed by atoms with van der Waals surface area (Å²) in [7, 11) is 0. The number of fused-ring (bicyclic) bond motifs is 12. The highest BCUT2D eigenvalue weighted by Crippen LogP contribution is 2.47. The molecule has 0 saturated carbocycles. The molecule has 0 radical (unpaired) electrons. The van der Waals surface area contributed by atoms with Crippen LogP contribution in [0.15, 0.2) is 162 Å². The molecule has 1 aromatic heterocycles. The number of furan rings is 1. The van der Waals surface area contributed by atoms with Crippen molar-refractivity contribution in [3.05, 3.63) is 181 Å². The Morgan fingerprint density at radius 1 is 0.327 bits per heavy atom. The molecule has 0 aliphatic rings. The number of hydrogen-bond acceptors (Lipinski definition) is 1. The molecule has 0 spiro atoms. The largest absolute Gasteiger partial charge is 0.455 e. The van der Waals surface area contributed by atoms with Crippen molar-refractivity contribution in [1.82, 2.24) is 0 Å². The van der Waals surface area contributed by atoms with Crippen LogP contribution in [-0.2, 0) is 0 Å². The van der Waals surface area contributed by atoms with Crippen LogP contribution in [0, 0.1) is 13.1 Å². The molecule has 0 saturated heterocycles. The maximum Gasteiger partial charge on any atom is 0.195 e. The lowest BCUT2D eigenvalue weighted by Gasteiger charge is -2.13. The Morgan fingerprint density at radius 2 is 0.855 bits per heavy atom. The molecule has 0 N–H and O–H groups in total. The molecule has 0 aliphatic heterocycles. The van der Waals surface area contributed by atoms with Gasteiger partial charge < -0.3 is 4.42 Å². The van der Waals surface area contributed by atoms with E-state index in [4.69, 9.17) is 17.6 Å². The Labute approximate surface area is 314 Å². The molecule has 0 bridgehead atoms. The minimum Gasteiger partial charge on any atom is -0.455 e. The van der Waals surface area contributed by atoms with Gasteiger partial charge in [-0.25, -0.2) is 0 Å². The van der Waals surface area contributed by atoms with Gasteiger partial charge in [0, 0.05) is 21.5 Å². The summed E-state index contributed by atoms with van der Waals surface area (Å²) in [4.78, 5) is 7.11. The van der Waals surface area contributed by atoms with Crippen molar-refractivity contribution in [2.24, 2.45) is 0 Å². The molecule has 0 amide bonds. The van der Waals surface area contributed by atoms with Crippen molar-refractivity contribution in [2.75, 3.05) is 0 Å². The molecule has 0 atom stereocenters. The van der Waals surface area contributed by atoms with Gasteiger partial charge in [-0.15, -0.1) is 0 Å². The summed E-state index contributed by atoms with van der Waals surface area (Å²) in [5.74, 6) is 0. The Hall–Kier alpha value is -7.72. The predicted molar refractivity (Wildman–Crippen MR) is 231 cm³/mol. The maximum atomic E-state index is 7.51. The number of rotatable bonds is 2. The predicted octanol–water partition coefficient (Wildman–Crippen LogP) is 15.5. The first-order chi connectivity index (χ1) is 27.1. The molecule has 250 valence electrons. The van der Waals surface area contributed by atoms with Crippen LogP contribution in [0.25, 0.3) is 129 Å². The third-order valence-corrected chi connectivity index (χ3v) is 11.8. The van der Waals surface area contributed by atoms with Gasteiger partial charge >= 0.3 is 0 Å². The second kappa shape index (κ2) is 10.9. The molecule has 0 fully saturated rings. The van der Waals surface area contributed by atoms with Crippen LogP contribution < -0.4 is 0 Å². The Balaban J connectivity index is 1.03. The molecule has 12 aromatic rings. The highest BCUT2D eigenvalue weighted by Gasteiger charge is 2.20. The highest BCUT2D eigenvalue weighted by atomic mass is 16.3. The van der Waals surface area contributed by atoms with Gasteiger partial charge in [0.05, 0.1) is 13.1 Å². The Kier molecular flexibility index (Phi) is 5.91. The third kappa shape index (κ3) is 4.13. The Morgan fingerprint density at radius 3 is 1.56 bits per heavy atom. The van der Waals surface area contributed by atoms with Crippen LogP contribution in [0.5, 0.6) is 0 Å². The molecule has 55 heavy (non-hydrogen) atoms. The molecule has 12 rings (SSSR count). The van der Waals surface area contributed by atoms with Crippen molar-refractivity contribution in [3.8, 4) is 22.3 Å². The summed E-state index contributed by atoms with van der Waals surface area (Å²) >= 11 is 0. The van der Waals surface area contributed by atoms with Crippen molar-refractivity contribution in [2.45, 2.75) is 0 Å². The summed E-state index contributed by atoms with van der Waals surface area (Å²) in [5, 5.41) is 19.0. The lowest BCUT2D eigenvalue weighted by molar-refractivity contribution is 0.673. The molecule has 0 aliphatic carbocycles. The lowest BCUT2D eigenvalue weighted by Crippen LogP contribution is -1.86. The average Bonchev–Trinajstić information content (AvgIpc) is 3.63. The first kappa shape index (κ1) is 29.8. The van der Waals surface area contributed by atoms with E-state index in [1.165, 1.54) is 64.6 Å². The van der Waals surface area contributed by atoms with Gasteiger partial charge in [0.1, 0.15) is 11.2 Å². The lowest BCUT2D eigenvalue weighted by atomic mass is 9.89. The normalized spacial score (nSPS) is 12.0. The second-order valence-electron chi connectivity index (χ2n) is 14.6. The van der Waals surface area contributed by atoms with Gasteiger partial charge in [0.15, 0.2) is 11.4 Å². The smallest absolute Gasteiger partial charge is 0.195 e. The molecule has 1 heterocycles. The quantitative estimate of drug-likeness (QED) is 0.130. The monoisotopic (exact) mass is 694 g/mol. The molecule has 0 unspecified atom stereocenters. The maximum absolute atomic E-state index is 7.51. The van der Waals surface area contributed by atoms with Gasteiger partial charge in [0.25, 0.3) is 0 Å². The Bertz CT molecular complexity index is 3730. The topological polar surface area (TPSA) is 21.9 Å². The van der Waals surface area contributed by atoms with Crippen molar-refractivity contribution < 1.29 is 4.42 Å². The summed E-state index contributed by atoms with van der Waals surface area (Å²) in [6.07, 6.45) is 0. The number of hydrogen-bond donors (Lipinski definition) is 0. The van der Waals surface area contributed by atoms with Crippen molar-refractivity contribution >= 4 is 109 Å². The van der Waals surface area contributed by atoms with E-state index in [9.17, 15) is 0 Å². The number of benzene rings is 11. The van der Waals surface area contributed by atoms with Gasteiger partial charge in [-0.05, 0) is 111 Å². The fourth-order valence-electron chi connectivity index (χ4n) is 9.22. The van der Waals surface area contributed by atoms with Crippen LogP contribution in [0.4, 0.5) is 11.4 Å². The fourth-order valence-corrected chi connectivity index (χ4v) is 9.22. The van der Waals surface area contributed by atoms with Crippen LogP contribution in [-0.4, -0.2) is 0 Å². The SMILES string of the molecule is [C-]#[N+]c1cc2ccc(-c3ccc(-c4ccc5c(c4)c4ccccc4c4cc6c(cc54)oc4c5cccc7ccc8cccc(c64)c8c75)cc3)cc2cc1[N+]#[C-]. The van der Waals surface area contributed by atoms with E-state index < -0.39 is 0 Å². The van der Waals surface area contributed by atoms with Crippen LogP contribution in [0.2, 0.25) is 0 Å². The minimum atomic E-state index is 0.390. The van der Waals surface area contributed by atoms with E-state index in [0.717, 1.165) is 55.0 Å². The zero-order valence-electron chi connectivity index (χ0n) is 29.3. The molecular formula is C52H26N2O. The van der Waals surface area contributed by atoms with Gasteiger partial charge in [-0.3, -0.25) is 9.69 Å². The van der Waals surface area contributed by atoms with Gasteiger partial charge in [0.2, 0.25) is 0 Å². The third-order valence-electron chi connectivity index (χ3n) is 11.8. The average molecular weight is 695 g/mol. The zero-order valence-corrected chi connectivity index (χ0v) is 29.3. The van der Waals surface area contributed by atoms with Gasteiger partial charge in [-0.2, -0.15) is 0 Å². The minimum absolute atomic E-state index is 0.390. The fraction of sp³-hybridized carbons (Fsp3) is 0. The molecule has 11 aromatic carbocycles. The summed E-state index contributed by atoms with van der Waals surface area (Å²) in [6.45, 7) is 14.9. The summed E-state index contributed by atoms with van der Waals surface area (Å²) in [6, 6.07) is 56.4. The summed E-state index contributed by atoms with van der Waals surface area (Å²) in [5.41, 5.74) is 7.11. The van der Waals surface area contributed by atoms with E-state index >= 15 is 0 Å². The van der Waals surface area contributed by atoms with Crippen molar-refractivity contribution in [3.63, 3.8) is 0 Å². The summed E-state index contributed by atoms with van der Waals surface area (Å²) < 4.78 is 6.90. The van der Waals surface area contributed by atoms with Crippen LogP contribution in [0.1, 0.15) is 0 Å². The first-order valence-corrected chi connectivity index (χ1v) is 18.4.